The van der Waals surface area contributed by atoms with E-state index >= 15 is 0 Å². The summed E-state index contributed by atoms with van der Waals surface area (Å²) in [5.41, 5.74) is 0.454. The molecule has 0 bridgehead atoms. The molecule has 0 radical (unpaired) electrons. The van der Waals surface area contributed by atoms with Crippen LogP contribution < -0.4 is 10.1 Å². The van der Waals surface area contributed by atoms with Gasteiger partial charge in [-0.1, -0.05) is 19.8 Å². The first-order valence-corrected chi connectivity index (χ1v) is 7.70. The highest BCUT2D eigenvalue weighted by Crippen LogP contribution is 2.23. The van der Waals surface area contributed by atoms with Gasteiger partial charge < -0.3 is 14.8 Å². The van der Waals surface area contributed by atoms with Crippen LogP contribution in [0.5, 0.6) is 5.75 Å². The average Bonchev–Trinajstić information content (AvgIpc) is 2.55. The number of rotatable bonds is 5. The molecule has 5 nitrogen and oxygen atoms in total. The van der Waals surface area contributed by atoms with E-state index in [0.717, 1.165) is 6.42 Å². The molecule has 0 aromatic heterocycles. The molecule has 2 rings (SSSR count). The highest BCUT2D eigenvalue weighted by Gasteiger charge is 2.22. The fraction of sp³-hybridized carbons (Fsp3) is 0.529. The number of benzene rings is 1. The van der Waals surface area contributed by atoms with Crippen LogP contribution in [0.4, 0.5) is 0 Å². The molecule has 2 unspecified atom stereocenters. The third-order valence-corrected chi connectivity index (χ3v) is 4.10. The first-order valence-electron chi connectivity index (χ1n) is 7.70. The third kappa shape index (κ3) is 4.48. The molecule has 0 aliphatic heterocycles. The number of carbonyl (C=O) groups excluding carboxylic acids is 2. The lowest BCUT2D eigenvalue weighted by Gasteiger charge is -2.29. The molecule has 0 spiro atoms. The van der Waals surface area contributed by atoms with Crippen molar-refractivity contribution in [2.24, 2.45) is 5.92 Å². The van der Waals surface area contributed by atoms with Crippen LogP contribution in [0.2, 0.25) is 0 Å². The highest BCUT2D eigenvalue weighted by molar-refractivity contribution is 5.89. The Morgan fingerprint density at radius 2 is 1.86 bits per heavy atom. The van der Waals surface area contributed by atoms with Gasteiger partial charge in [0.05, 0.1) is 12.7 Å². The topological polar surface area (TPSA) is 64.6 Å². The van der Waals surface area contributed by atoms with Crippen molar-refractivity contribution in [3.05, 3.63) is 29.8 Å². The Kier molecular flexibility index (Phi) is 5.81. The maximum absolute atomic E-state index is 11.9. The fourth-order valence-electron chi connectivity index (χ4n) is 2.73. The standard InChI is InChI=1S/C17H23NO4/c1-12-5-3-4-6-15(12)18-16(19)11-22-14-9-7-13(8-10-14)17(20)21-2/h7-10,12,15H,3-6,11H2,1-2H3,(H,18,19). The molecular weight excluding hydrogens is 282 g/mol. The van der Waals surface area contributed by atoms with Crippen LogP contribution in [0, 0.1) is 5.92 Å². The van der Waals surface area contributed by atoms with Crippen LogP contribution in [0.1, 0.15) is 43.0 Å². The van der Waals surface area contributed by atoms with Crippen LogP contribution in [0.25, 0.3) is 0 Å². The average molecular weight is 305 g/mol. The smallest absolute Gasteiger partial charge is 0.337 e. The summed E-state index contributed by atoms with van der Waals surface area (Å²) >= 11 is 0. The monoisotopic (exact) mass is 305 g/mol. The van der Waals surface area contributed by atoms with Crippen LogP contribution in [0.15, 0.2) is 24.3 Å². The minimum absolute atomic E-state index is 0.0131. The Morgan fingerprint density at radius 1 is 1.18 bits per heavy atom. The zero-order valence-electron chi connectivity index (χ0n) is 13.1. The Morgan fingerprint density at radius 3 is 2.50 bits per heavy atom. The molecule has 5 heteroatoms. The van der Waals surface area contributed by atoms with Crippen LogP contribution in [-0.4, -0.2) is 31.6 Å². The van der Waals surface area contributed by atoms with Gasteiger partial charge in [0, 0.05) is 6.04 Å². The van der Waals surface area contributed by atoms with E-state index in [-0.39, 0.29) is 18.6 Å². The number of ether oxygens (including phenoxy) is 2. The number of nitrogens with one attached hydrogen (secondary N) is 1. The van der Waals surface area contributed by atoms with E-state index in [0.29, 0.717) is 17.2 Å². The Labute approximate surface area is 131 Å². The molecule has 120 valence electrons. The van der Waals surface area contributed by atoms with Gasteiger partial charge in [-0.2, -0.15) is 0 Å². The van der Waals surface area contributed by atoms with Gasteiger partial charge in [0.15, 0.2) is 6.61 Å². The highest BCUT2D eigenvalue weighted by atomic mass is 16.5. The molecule has 1 aliphatic carbocycles. The second-order valence-corrected chi connectivity index (χ2v) is 5.74. The molecular formula is C17H23NO4. The number of hydrogen-bond donors (Lipinski definition) is 1. The number of methoxy groups -OCH3 is 1. The first-order chi connectivity index (χ1) is 10.6. The summed E-state index contributed by atoms with van der Waals surface area (Å²) < 4.78 is 10.1. The molecule has 1 aliphatic rings. The number of esters is 1. The first kappa shape index (κ1) is 16.3. The molecule has 1 aromatic rings. The van der Waals surface area contributed by atoms with E-state index in [9.17, 15) is 9.59 Å². The number of hydrogen-bond acceptors (Lipinski definition) is 4. The van der Waals surface area contributed by atoms with Crippen molar-refractivity contribution in [1.29, 1.82) is 0 Å². The summed E-state index contributed by atoms with van der Waals surface area (Å²) in [6.45, 7) is 2.16. The predicted octanol–water partition coefficient (Wildman–Crippen LogP) is 2.55. The molecule has 22 heavy (non-hydrogen) atoms. The van der Waals surface area contributed by atoms with Crippen molar-refractivity contribution < 1.29 is 19.1 Å². The summed E-state index contributed by atoms with van der Waals surface area (Å²) in [5, 5.41) is 3.04. The number of amides is 1. The van der Waals surface area contributed by atoms with Crippen LogP contribution >= 0.6 is 0 Å². The van der Waals surface area contributed by atoms with Crippen molar-refractivity contribution in [2.45, 2.75) is 38.6 Å². The minimum atomic E-state index is -0.393. The fourth-order valence-corrected chi connectivity index (χ4v) is 2.73. The van der Waals surface area contributed by atoms with Crippen LogP contribution in [-0.2, 0) is 9.53 Å². The Balaban J connectivity index is 1.79. The zero-order chi connectivity index (χ0) is 15.9. The van der Waals surface area contributed by atoms with Crippen molar-refractivity contribution in [2.75, 3.05) is 13.7 Å². The lowest BCUT2D eigenvalue weighted by Crippen LogP contribution is -2.43. The summed E-state index contributed by atoms with van der Waals surface area (Å²) in [5.74, 6) is 0.586. The molecule has 0 saturated heterocycles. The molecule has 1 fully saturated rings. The van der Waals surface area contributed by atoms with E-state index in [2.05, 4.69) is 17.0 Å². The molecule has 2 atom stereocenters. The number of carbonyl (C=O) groups is 2. The van der Waals surface area contributed by atoms with Gasteiger partial charge in [-0.3, -0.25) is 4.79 Å². The molecule has 0 heterocycles. The van der Waals surface area contributed by atoms with E-state index in [4.69, 9.17) is 4.74 Å². The molecule has 1 saturated carbocycles. The van der Waals surface area contributed by atoms with Gasteiger partial charge in [-0.25, -0.2) is 4.79 Å². The SMILES string of the molecule is COC(=O)c1ccc(OCC(=O)NC2CCCCC2C)cc1. The van der Waals surface area contributed by atoms with Gasteiger partial charge in [0.2, 0.25) is 0 Å². The second-order valence-electron chi connectivity index (χ2n) is 5.74. The summed E-state index contributed by atoms with van der Waals surface area (Å²) in [6, 6.07) is 6.79. The van der Waals surface area contributed by atoms with Gasteiger partial charge in [-0.15, -0.1) is 0 Å². The maximum atomic E-state index is 11.9. The Bertz CT molecular complexity index is 512. The quantitative estimate of drug-likeness (QED) is 0.849. The van der Waals surface area contributed by atoms with E-state index in [1.54, 1.807) is 24.3 Å². The van der Waals surface area contributed by atoms with Gasteiger partial charge in [-0.05, 0) is 43.0 Å². The van der Waals surface area contributed by atoms with Crippen molar-refractivity contribution in [3.8, 4) is 5.75 Å². The molecule has 1 N–H and O–H groups in total. The second kappa shape index (κ2) is 7.82. The van der Waals surface area contributed by atoms with Gasteiger partial charge in [0.1, 0.15) is 5.75 Å². The molecule has 1 amide bonds. The van der Waals surface area contributed by atoms with Gasteiger partial charge in [0.25, 0.3) is 5.91 Å². The lowest BCUT2D eigenvalue weighted by atomic mass is 9.86. The minimum Gasteiger partial charge on any atom is -0.484 e. The van der Waals surface area contributed by atoms with Crippen molar-refractivity contribution in [3.63, 3.8) is 0 Å². The molecule has 1 aromatic carbocycles. The Hall–Kier alpha value is -2.04. The van der Waals surface area contributed by atoms with E-state index < -0.39 is 5.97 Å². The van der Waals surface area contributed by atoms with E-state index in [1.807, 2.05) is 0 Å². The zero-order valence-corrected chi connectivity index (χ0v) is 13.1. The third-order valence-electron chi connectivity index (χ3n) is 4.10. The maximum Gasteiger partial charge on any atom is 0.337 e. The summed E-state index contributed by atoms with van der Waals surface area (Å²) in [6.07, 6.45) is 4.63. The normalized spacial score (nSPS) is 21.0. The van der Waals surface area contributed by atoms with Crippen molar-refractivity contribution >= 4 is 11.9 Å². The van der Waals surface area contributed by atoms with Crippen molar-refractivity contribution in [1.82, 2.24) is 5.32 Å². The predicted molar refractivity (Wildman–Crippen MR) is 82.8 cm³/mol. The summed E-state index contributed by atoms with van der Waals surface area (Å²) in [4.78, 5) is 23.3. The largest absolute Gasteiger partial charge is 0.484 e. The van der Waals surface area contributed by atoms with Gasteiger partial charge >= 0.3 is 5.97 Å². The van der Waals surface area contributed by atoms with E-state index in [1.165, 1.54) is 26.4 Å². The lowest BCUT2D eigenvalue weighted by molar-refractivity contribution is -0.124. The van der Waals surface area contributed by atoms with Crippen LogP contribution in [0.3, 0.4) is 0 Å². The summed E-state index contributed by atoms with van der Waals surface area (Å²) in [7, 11) is 1.34.